The average molecular weight is 286 g/mol. The van der Waals surface area contributed by atoms with E-state index in [0.29, 0.717) is 6.61 Å². The summed E-state index contributed by atoms with van der Waals surface area (Å²) in [5.41, 5.74) is -0.274. The van der Waals surface area contributed by atoms with Crippen LogP contribution in [0, 0.1) is 5.82 Å². The van der Waals surface area contributed by atoms with Gasteiger partial charge >= 0.3 is 5.97 Å². The number of aromatic carboxylic acids is 1. The molecule has 0 aliphatic carbocycles. The van der Waals surface area contributed by atoms with Gasteiger partial charge in [-0.15, -0.1) is 0 Å². The first-order valence-electron chi connectivity index (χ1n) is 6.46. The lowest BCUT2D eigenvalue weighted by Crippen LogP contribution is -2.24. The Balaban J connectivity index is 2.46. The van der Waals surface area contributed by atoms with Crippen molar-refractivity contribution >= 4 is 5.97 Å². The van der Waals surface area contributed by atoms with Crippen molar-refractivity contribution in [3.8, 4) is 5.75 Å². The SMILES string of the molecule is CCCCOCC(O)COc1ccc(F)cc1C(=O)O. The predicted molar refractivity (Wildman–Crippen MR) is 70.6 cm³/mol. The molecule has 6 heteroatoms. The minimum atomic E-state index is -1.28. The molecule has 1 atom stereocenters. The molecule has 1 unspecified atom stereocenters. The number of carbonyl (C=O) groups is 1. The molecule has 0 aliphatic heterocycles. The van der Waals surface area contributed by atoms with Gasteiger partial charge in [0.2, 0.25) is 0 Å². The number of aliphatic hydroxyl groups is 1. The zero-order valence-electron chi connectivity index (χ0n) is 11.3. The Bertz CT molecular complexity index is 436. The second-order valence-electron chi connectivity index (χ2n) is 4.34. The minimum absolute atomic E-state index is 0.0199. The molecule has 0 aliphatic rings. The van der Waals surface area contributed by atoms with E-state index in [0.717, 1.165) is 25.0 Å². The number of aliphatic hydroxyl groups excluding tert-OH is 1. The molecule has 112 valence electrons. The maximum absolute atomic E-state index is 13.0. The molecule has 0 bridgehead atoms. The number of rotatable bonds is 9. The van der Waals surface area contributed by atoms with Gasteiger partial charge in [0, 0.05) is 6.61 Å². The largest absolute Gasteiger partial charge is 0.490 e. The van der Waals surface area contributed by atoms with E-state index in [1.807, 2.05) is 6.92 Å². The van der Waals surface area contributed by atoms with Gasteiger partial charge in [0.1, 0.15) is 29.8 Å². The number of carboxylic acids is 1. The molecule has 0 saturated heterocycles. The summed E-state index contributed by atoms with van der Waals surface area (Å²) in [5.74, 6) is -1.92. The summed E-state index contributed by atoms with van der Waals surface area (Å²) in [7, 11) is 0. The number of carboxylic acid groups (broad SMARTS) is 1. The van der Waals surface area contributed by atoms with Crippen molar-refractivity contribution in [3.63, 3.8) is 0 Å². The van der Waals surface area contributed by atoms with E-state index < -0.39 is 17.9 Å². The zero-order chi connectivity index (χ0) is 15.0. The molecule has 2 N–H and O–H groups in total. The number of ether oxygens (including phenoxy) is 2. The highest BCUT2D eigenvalue weighted by atomic mass is 19.1. The summed E-state index contributed by atoms with van der Waals surface area (Å²) in [6.07, 6.45) is 1.05. The normalized spacial score (nSPS) is 12.2. The number of unbranched alkanes of at least 4 members (excludes halogenated alkanes) is 1. The lowest BCUT2D eigenvalue weighted by molar-refractivity contribution is 0.0110. The van der Waals surface area contributed by atoms with Gasteiger partial charge in [-0.25, -0.2) is 9.18 Å². The van der Waals surface area contributed by atoms with E-state index in [1.54, 1.807) is 0 Å². The van der Waals surface area contributed by atoms with E-state index in [-0.39, 0.29) is 24.5 Å². The first kappa shape index (κ1) is 16.4. The first-order valence-corrected chi connectivity index (χ1v) is 6.46. The van der Waals surface area contributed by atoms with Gasteiger partial charge < -0.3 is 19.7 Å². The topological polar surface area (TPSA) is 76.0 Å². The third-order valence-corrected chi connectivity index (χ3v) is 2.56. The Morgan fingerprint density at radius 3 is 2.80 bits per heavy atom. The van der Waals surface area contributed by atoms with Gasteiger partial charge in [-0.3, -0.25) is 0 Å². The second-order valence-corrected chi connectivity index (χ2v) is 4.34. The Morgan fingerprint density at radius 1 is 1.40 bits per heavy atom. The third kappa shape index (κ3) is 5.54. The van der Waals surface area contributed by atoms with E-state index in [4.69, 9.17) is 14.6 Å². The fourth-order valence-corrected chi connectivity index (χ4v) is 1.50. The van der Waals surface area contributed by atoms with E-state index >= 15 is 0 Å². The molecule has 1 aromatic rings. The monoisotopic (exact) mass is 286 g/mol. The highest BCUT2D eigenvalue weighted by molar-refractivity contribution is 5.90. The van der Waals surface area contributed by atoms with Crippen molar-refractivity contribution in [2.24, 2.45) is 0 Å². The summed E-state index contributed by atoms with van der Waals surface area (Å²) < 4.78 is 23.4. The Labute approximate surface area is 116 Å². The van der Waals surface area contributed by atoms with Crippen LogP contribution in [0.25, 0.3) is 0 Å². The summed E-state index contributed by atoms with van der Waals surface area (Å²) in [4.78, 5) is 10.9. The summed E-state index contributed by atoms with van der Waals surface area (Å²) in [6, 6.07) is 3.21. The Hall–Kier alpha value is -1.66. The van der Waals surface area contributed by atoms with Crippen molar-refractivity contribution in [2.45, 2.75) is 25.9 Å². The van der Waals surface area contributed by atoms with Crippen LogP contribution in [0.15, 0.2) is 18.2 Å². The summed E-state index contributed by atoms with van der Waals surface area (Å²) in [6.45, 7) is 2.59. The van der Waals surface area contributed by atoms with Gasteiger partial charge in [0.05, 0.1) is 6.61 Å². The third-order valence-electron chi connectivity index (χ3n) is 2.56. The first-order chi connectivity index (χ1) is 9.54. The highest BCUT2D eigenvalue weighted by Crippen LogP contribution is 2.19. The lowest BCUT2D eigenvalue weighted by Gasteiger charge is -2.14. The molecule has 0 spiro atoms. The summed E-state index contributed by atoms with van der Waals surface area (Å²) in [5, 5.41) is 18.5. The Morgan fingerprint density at radius 2 is 2.15 bits per heavy atom. The quantitative estimate of drug-likeness (QED) is 0.680. The van der Waals surface area contributed by atoms with E-state index in [2.05, 4.69) is 0 Å². The second kappa shape index (κ2) is 8.50. The van der Waals surface area contributed by atoms with Gasteiger partial charge in [0.15, 0.2) is 0 Å². The van der Waals surface area contributed by atoms with Crippen LogP contribution in [0.3, 0.4) is 0 Å². The standard InChI is InChI=1S/C14H19FO5/c1-2-3-6-19-8-11(16)9-20-13-5-4-10(15)7-12(13)14(17)18/h4-5,7,11,16H,2-3,6,8-9H2,1H3,(H,17,18). The van der Waals surface area contributed by atoms with E-state index in [9.17, 15) is 14.3 Å². The average Bonchev–Trinajstić information content (AvgIpc) is 2.42. The fraction of sp³-hybridized carbons (Fsp3) is 0.500. The molecule has 0 fully saturated rings. The van der Waals surface area contributed by atoms with Crippen LogP contribution in [-0.4, -0.2) is 42.1 Å². The Kier molecular flexibility index (Phi) is 6.97. The van der Waals surface area contributed by atoms with Gasteiger partial charge in [-0.05, 0) is 24.6 Å². The van der Waals surface area contributed by atoms with Crippen molar-refractivity contribution in [2.75, 3.05) is 19.8 Å². The van der Waals surface area contributed by atoms with Crippen molar-refractivity contribution in [3.05, 3.63) is 29.6 Å². The fourth-order valence-electron chi connectivity index (χ4n) is 1.50. The van der Waals surface area contributed by atoms with E-state index in [1.165, 1.54) is 6.07 Å². The van der Waals surface area contributed by atoms with Crippen LogP contribution in [0.4, 0.5) is 4.39 Å². The van der Waals surface area contributed by atoms with Gasteiger partial charge in [-0.1, -0.05) is 13.3 Å². The molecular formula is C14H19FO5. The zero-order valence-corrected chi connectivity index (χ0v) is 11.3. The minimum Gasteiger partial charge on any atom is -0.490 e. The van der Waals surface area contributed by atoms with Crippen molar-refractivity contribution in [1.29, 1.82) is 0 Å². The molecule has 20 heavy (non-hydrogen) atoms. The van der Waals surface area contributed by atoms with Crippen LogP contribution in [0.2, 0.25) is 0 Å². The molecular weight excluding hydrogens is 267 g/mol. The molecule has 0 radical (unpaired) electrons. The smallest absolute Gasteiger partial charge is 0.339 e. The van der Waals surface area contributed by atoms with Crippen LogP contribution in [0.1, 0.15) is 30.1 Å². The van der Waals surface area contributed by atoms with Crippen molar-refractivity contribution in [1.82, 2.24) is 0 Å². The number of hydrogen-bond acceptors (Lipinski definition) is 4. The molecule has 0 heterocycles. The van der Waals surface area contributed by atoms with Gasteiger partial charge in [-0.2, -0.15) is 0 Å². The van der Waals surface area contributed by atoms with Crippen LogP contribution in [0.5, 0.6) is 5.75 Å². The van der Waals surface area contributed by atoms with Crippen molar-refractivity contribution < 1.29 is 28.9 Å². The van der Waals surface area contributed by atoms with Crippen LogP contribution >= 0.6 is 0 Å². The summed E-state index contributed by atoms with van der Waals surface area (Å²) >= 11 is 0. The maximum atomic E-state index is 13.0. The molecule has 1 rings (SSSR count). The molecule has 0 saturated carbocycles. The van der Waals surface area contributed by atoms with Crippen LogP contribution in [-0.2, 0) is 4.74 Å². The molecule has 1 aromatic carbocycles. The van der Waals surface area contributed by atoms with Gasteiger partial charge in [0.25, 0.3) is 0 Å². The van der Waals surface area contributed by atoms with Crippen LogP contribution < -0.4 is 4.74 Å². The number of benzene rings is 1. The number of hydrogen-bond donors (Lipinski definition) is 2. The highest BCUT2D eigenvalue weighted by Gasteiger charge is 2.14. The predicted octanol–water partition coefficient (Wildman–Crippen LogP) is 2.08. The molecule has 0 amide bonds. The molecule has 5 nitrogen and oxygen atoms in total. The molecule has 0 aromatic heterocycles. The maximum Gasteiger partial charge on any atom is 0.339 e. The number of halogens is 1. The lowest BCUT2D eigenvalue weighted by atomic mass is 10.2.